The van der Waals surface area contributed by atoms with Crippen LogP contribution in [0.3, 0.4) is 0 Å². The van der Waals surface area contributed by atoms with Gasteiger partial charge in [-0.15, -0.1) is 0 Å². The molecular weight excluding hydrogens is 245 g/mol. The Morgan fingerprint density at radius 1 is 1.33 bits per heavy atom. The highest BCUT2D eigenvalue weighted by Gasteiger charge is 2.35. The molecule has 98 valence electrons. The predicted octanol–water partition coefficient (Wildman–Crippen LogP) is 3.46. The Bertz CT molecular complexity index is 434. The molecule has 0 spiro atoms. The van der Waals surface area contributed by atoms with Crippen LogP contribution in [-0.2, 0) is 10.9 Å². The number of carbonyl (C=O) groups excluding carboxylic acids is 1. The average molecular weight is 258 g/mol. The van der Waals surface area contributed by atoms with Crippen molar-refractivity contribution >= 4 is 5.78 Å². The minimum absolute atomic E-state index is 0.0209. The number of carbonyl (C=O) groups is 1. The number of alkyl halides is 3. The molecule has 1 aromatic carbocycles. The van der Waals surface area contributed by atoms with Gasteiger partial charge in [-0.2, -0.15) is 13.2 Å². The van der Waals surface area contributed by atoms with E-state index in [1.807, 2.05) is 0 Å². The smallest absolute Gasteiger partial charge is 0.378 e. The van der Waals surface area contributed by atoms with Crippen LogP contribution in [0.1, 0.15) is 35.2 Å². The Labute approximate surface area is 103 Å². The van der Waals surface area contributed by atoms with Crippen molar-refractivity contribution in [1.29, 1.82) is 0 Å². The molecule has 0 N–H and O–H groups in total. The third-order valence-corrected chi connectivity index (χ3v) is 2.97. The summed E-state index contributed by atoms with van der Waals surface area (Å²) in [6.45, 7) is 0.582. The molecule has 0 aromatic heterocycles. The fourth-order valence-corrected chi connectivity index (χ4v) is 2.10. The topological polar surface area (TPSA) is 26.3 Å². The van der Waals surface area contributed by atoms with E-state index in [-0.39, 0.29) is 18.1 Å². The molecule has 1 aromatic rings. The third-order valence-electron chi connectivity index (χ3n) is 2.97. The molecule has 1 heterocycles. The van der Waals surface area contributed by atoms with Gasteiger partial charge in [0.05, 0.1) is 11.7 Å². The van der Waals surface area contributed by atoms with Crippen LogP contribution in [-0.4, -0.2) is 18.5 Å². The molecule has 1 atom stereocenters. The number of hydrogen-bond acceptors (Lipinski definition) is 2. The van der Waals surface area contributed by atoms with Gasteiger partial charge in [0.1, 0.15) is 0 Å². The Hall–Kier alpha value is -1.36. The van der Waals surface area contributed by atoms with E-state index < -0.39 is 17.5 Å². The van der Waals surface area contributed by atoms with Crippen molar-refractivity contribution < 1.29 is 22.7 Å². The van der Waals surface area contributed by atoms with E-state index in [4.69, 9.17) is 4.74 Å². The second kappa shape index (κ2) is 5.10. The molecule has 1 aliphatic rings. The van der Waals surface area contributed by atoms with Crippen molar-refractivity contribution in [3.05, 3.63) is 35.4 Å². The van der Waals surface area contributed by atoms with E-state index in [1.54, 1.807) is 0 Å². The quantitative estimate of drug-likeness (QED) is 0.776. The summed E-state index contributed by atoms with van der Waals surface area (Å²) in [4.78, 5) is 11.9. The van der Waals surface area contributed by atoms with Crippen LogP contribution in [0.5, 0.6) is 0 Å². The summed E-state index contributed by atoms with van der Waals surface area (Å²) in [6, 6.07) is 4.88. The Kier molecular flexibility index (Phi) is 3.71. The normalized spacial score (nSPS) is 20.1. The van der Waals surface area contributed by atoms with Gasteiger partial charge < -0.3 is 4.74 Å². The zero-order valence-corrected chi connectivity index (χ0v) is 9.67. The van der Waals surface area contributed by atoms with Crippen molar-refractivity contribution in [3.63, 3.8) is 0 Å². The predicted molar refractivity (Wildman–Crippen MR) is 59.4 cm³/mol. The molecule has 1 saturated heterocycles. The molecule has 2 nitrogen and oxygen atoms in total. The second-order valence-electron chi connectivity index (χ2n) is 4.31. The highest BCUT2D eigenvalue weighted by atomic mass is 19.4. The lowest BCUT2D eigenvalue weighted by atomic mass is 9.98. The minimum atomic E-state index is -4.50. The number of hydrogen-bond donors (Lipinski definition) is 0. The summed E-state index contributed by atoms with van der Waals surface area (Å²) in [6.07, 6.45) is -3.12. The van der Waals surface area contributed by atoms with Crippen molar-refractivity contribution in [1.82, 2.24) is 0 Å². The number of ether oxygens (including phenoxy) is 1. The van der Waals surface area contributed by atoms with Gasteiger partial charge in [0, 0.05) is 18.6 Å². The van der Waals surface area contributed by atoms with Crippen LogP contribution in [0.2, 0.25) is 0 Å². The number of halogens is 3. The van der Waals surface area contributed by atoms with Crippen molar-refractivity contribution in [3.8, 4) is 0 Å². The van der Waals surface area contributed by atoms with Crippen LogP contribution in [0, 0.1) is 0 Å². The van der Waals surface area contributed by atoms with Gasteiger partial charge in [0.2, 0.25) is 0 Å². The molecule has 5 heteroatoms. The molecule has 0 radical (unpaired) electrons. The van der Waals surface area contributed by atoms with E-state index in [9.17, 15) is 18.0 Å². The first-order valence-electron chi connectivity index (χ1n) is 5.79. The van der Waals surface area contributed by atoms with Crippen LogP contribution >= 0.6 is 0 Å². The zero-order valence-electron chi connectivity index (χ0n) is 9.67. The van der Waals surface area contributed by atoms with Crippen LogP contribution < -0.4 is 0 Å². The summed E-state index contributed by atoms with van der Waals surface area (Å²) >= 11 is 0. The summed E-state index contributed by atoms with van der Waals surface area (Å²) < 4.78 is 43.5. The molecule has 0 amide bonds. The van der Waals surface area contributed by atoms with E-state index in [2.05, 4.69) is 0 Å². The molecule has 0 bridgehead atoms. The highest BCUT2D eigenvalue weighted by molar-refractivity contribution is 5.98. The highest BCUT2D eigenvalue weighted by Crippen LogP contribution is 2.32. The van der Waals surface area contributed by atoms with Crippen LogP contribution in [0.25, 0.3) is 0 Å². The number of Topliss-reactive ketones (excluding diaryl/α,β-unsaturated/α-hetero) is 1. The fraction of sp³-hybridized carbons (Fsp3) is 0.462. The maximum Gasteiger partial charge on any atom is 0.417 e. The third kappa shape index (κ3) is 2.90. The second-order valence-corrected chi connectivity index (χ2v) is 4.31. The molecule has 2 rings (SSSR count). The van der Waals surface area contributed by atoms with Crippen molar-refractivity contribution in [2.24, 2.45) is 0 Å². The number of ketones is 1. The van der Waals surface area contributed by atoms with Gasteiger partial charge in [0.25, 0.3) is 0 Å². The van der Waals surface area contributed by atoms with E-state index >= 15 is 0 Å². The van der Waals surface area contributed by atoms with Gasteiger partial charge >= 0.3 is 6.18 Å². The molecule has 18 heavy (non-hydrogen) atoms. The number of benzene rings is 1. The van der Waals surface area contributed by atoms with Crippen molar-refractivity contribution in [2.75, 3.05) is 6.61 Å². The molecular formula is C13H13F3O2. The minimum Gasteiger partial charge on any atom is -0.378 e. The maximum atomic E-state index is 12.7. The lowest BCUT2D eigenvalue weighted by Gasteiger charge is -2.13. The summed E-state index contributed by atoms with van der Waals surface area (Å²) in [5.41, 5.74) is -1.13. The first-order chi connectivity index (χ1) is 8.48. The summed E-state index contributed by atoms with van der Waals surface area (Å²) in [7, 11) is 0. The lowest BCUT2D eigenvalue weighted by Crippen LogP contribution is -2.17. The molecule has 0 aliphatic carbocycles. The van der Waals surface area contributed by atoms with E-state index in [1.165, 1.54) is 18.2 Å². The average Bonchev–Trinajstić information content (AvgIpc) is 2.80. The lowest BCUT2D eigenvalue weighted by molar-refractivity contribution is -0.137. The van der Waals surface area contributed by atoms with Gasteiger partial charge in [0.15, 0.2) is 5.78 Å². The Morgan fingerprint density at radius 2 is 2.06 bits per heavy atom. The summed E-state index contributed by atoms with van der Waals surface area (Å²) in [5, 5.41) is 0. The fourth-order valence-electron chi connectivity index (χ4n) is 2.10. The van der Waals surface area contributed by atoms with Gasteiger partial charge in [-0.1, -0.05) is 18.2 Å². The SMILES string of the molecule is O=C(CC1CCCO1)c1ccccc1C(F)(F)F. The first kappa shape index (κ1) is 13.1. The summed E-state index contributed by atoms with van der Waals surface area (Å²) in [5.74, 6) is -0.505. The molecule has 1 aliphatic heterocycles. The maximum absolute atomic E-state index is 12.7. The van der Waals surface area contributed by atoms with Gasteiger partial charge in [-0.05, 0) is 18.9 Å². The zero-order chi connectivity index (χ0) is 13.2. The molecule has 1 unspecified atom stereocenters. The van der Waals surface area contributed by atoms with Gasteiger partial charge in [-0.3, -0.25) is 4.79 Å². The standard InChI is InChI=1S/C13H13F3O2/c14-13(15,16)11-6-2-1-5-10(11)12(17)8-9-4-3-7-18-9/h1-2,5-6,9H,3-4,7-8H2. The van der Waals surface area contributed by atoms with E-state index in [0.717, 1.165) is 18.9 Å². The number of rotatable bonds is 3. The van der Waals surface area contributed by atoms with Crippen LogP contribution in [0.4, 0.5) is 13.2 Å². The Balaban J connectivity index is 2.19. The monoisotopic (exact) mass is 258 g/mol. The Morgan fingerprint density at radius 3 is 2.67 bits per heavy atom. The van der Waals surface area contributed by atoms with Crippen LogP contribution in [0.15, 0.2) is 24.3 Å². The van der Waals surface area contributed by atoms with Gasteiger partial charge in [-0.25, -0.2) is 0 Å². The largest absolute Gasteiger partial charge is 0.417 e. The molecule has 0 saturated carbocycles. The van der Waals surface area contributed by atoms with E-state index in [0.29, 0.717) is 6.61 Å². The first-order valence-corrected chi connectivity index (χ1v) is 5.79. The van der Waals surface area contributed by atoms with Crippen molar-refractivity contribution in [2.45, 2.75) is 31.5 Å². The molecule has 1 fully saturated rings.